The second-order valence-corrected chi connectivity index (χ2v) is 9.41. The lowest BCUT2D eigenvalue weighted by atomic mass is 10.0. The van der Waals surface area contributed by atoms with Gasteiger partial charge in [0.2, 0.25) is 11.0 Å². The van der Waals surface area contributed by atoms with Crippen LogP contribution in [0.4, 0.5) is 13.9 Å². The lowest BCUT2D eigenvalue weighted by molar-refractivity contribution is -0.131. The Bertz CT molecular complexity index is 1280. The molecular weight excluding hydrogens is 462 g/mol. The van der Waals surface area contributed by atoms with E-state index < -0.39 is 34.4 Å². The van der Waals surface area contributed by atoms with E-state index in [1.165, 1.54) is 62.4 Å². The minimum absolute atomic E-state index is 0.185. The Morgan fingerprint density at radius 1 is 1.09 bits per heavy atom. The molecule has 7 nitrogen and oxygen atoms in total. The van der Waals surface area contributed by atoms with Crippen LogP contribution in [0.25, 0.3) is 11.3 Å². The van der Waals surface area contributed by atoms with Crippen LogP contribution in [0.1, 0.15) is 26.7 Å². The quantitative estimate of drug-likeness (QED) is 0.492. The third-order valence-corrected chi connectivity index (χ3v) is 6.20. The minimum atomic E-state index is -1.32. The molecule has 1 heterocycles. The highest BCUT2D eigenvalue weighted by Gasteiger charge is 2.52. The van der Waals surface area contributed by atoms with E-state index in [2.05, 4.69) is 15.6 Å². The number of hydrogen-bond acceptors (Lipinski definition) is 6. The van der Waals surface area contributed by atoms with Gasteiger partial charge >= 0.3 is 0 Å². The number of aromatic nitrogens is 1. The maximum Gasteiger partial charge on any atom is 0.251 e. The van der Waals surface area contributed by atoms with Crippen molar-refractivity contribution in [1.29, 1.82) is 5.26 Å². The van der Waals surface area contributed by atoms with E-state index in [-0.39, 0.29) is 5.13 Å². The number of halogens is 2. The van der Waals surface area contributed by atoms with E-state index in [1.807, 2.05) is 6.07 Å². The van der Waals surface area contributed by atoms with E-state index in [9.17, 15) is 23.6 Å². The van der Waals surface area contributed by atoms with Gasteiger partial charge in [-0.3, -0.25) is 14.9 Å². The predicted molar refractivity (Wildman–Crippen MR) is 122 cm³/mol. The number of nitrogens with one attached hydrogen (secondary N) is 2. The average Bonchev–Trinajstić information content (AvgIpc) is 3.51. The summed E-state index contributed by atoms with van der Waals surface area (Å²) in [6, 6.07) is 13.0. The smallest absolute Gasteiger partial charge is 0.251 e. The van der Waals surface area contributed by atoms with E-state index >= 15 is 0 Å². The molecule has 1 fully saturated rings. The van der Waals surface area contributed by atoms with Gasteiger partial charge in [0, 0.05) is 5.56 Å². The van der Waals surface area contributed by atoms with E-state index in [4.69, 9.17) is 4.74 Å². The molecule has 0 radical (unpaired) electrons. The molecule has 1 aliphatic carbocycles. The minimum Gasteiger partial charge on any atom is -0.444 e. The zero-order chi connectivity index (χ0) is 24.5. The fourth-order valence-corrected chi connectivity index (χ4v) is 3.91. The summed E-state index contributed by atoms with van der Waals surface area (Å²) < 4.78 is 32.5. The van der Waals surface area contributed by atoms with Gasteiger partial charge in [-0.15, -0.1) is 0 Å². The standard InChI is InChI=1S/C24H20F2N4O3S/c1-23(2,30-21(32)24(13-27)11-12-24)20(31)29-22-28-18(14-3-5-15(25)6-4-14)19(34-22)33-17-9-7-16(26)8-10-17/h3-10H,11-12H2,1-2H3,(H,30,32)(H,28,29,31). The molecule has 2 aromatic carbocycles. The van der Waals surface area contributed by atoms with Crippen LogP contribution in [0.2, 0.25) is 0 Å². The van der Waals surface area contributed by atoms with Gasteiger partial charge < -0.3 is 10.1 Å². The second-order valence-electron chi connectivity index (χ2n) is 8.45. The highest BCUT2D eigenvalue weighted by atomic mass is 32.1. The fraction of sp³-hybridized carbons (Fsp3) is 0.250. The molecule has 0 unspecified atom stereocenters. The van der Waals surface area contributed by atoms with Crippen molar-refractivity contribution in [2.45, 2.75) is 32.2 Å². The number of carbonyl (C=O) groups excluding carboxylic acids is 2. The Labute approximate surface area is 198 Å². The van der Waals surface area contributed by atoms with Gasteiger partial charge in [-0.25, -0.2) is 13.8 Å². The molecule has 2 amide bonds. The second kappa shape index (κ2) is 8.83. The van der Waals surface area contributed by atoms with Gasteiger partial charge in [0.1, 0.15) is 34.0 Å². The number of carbonyl (C=O) groups is 2. The molecule has 0 spiro atoms. The first kappa shape index (κ1) is 23.3. The van der Waals surface area contributed by atoms with Crippen LogP contribution < -0.4 is 15.4 Å². The summed E-state index contributed by atoms with van der Waals surface area (Å²) in [4.78, 5) is 29.8. The maximum atomic E-state index is 13.4. The number of nitriles is 1. The molecule has 1 saturated carbocycles. The van der Waals surface area contributed by atoms with Gasteiger partial charge in [-0.2, -0.15) is 5.26 Å². The molecule has 2 N–H and O–H groups in total. The van der Waals surface area contributed by atoms with Crippen LogP contribution in [0.5, 0.6) is 10.8 Å². The van der Waals surface area contributed by atoms with Crippen molar-refractivity contribution in [1.82, 2.24) is 10.3 Å². The third-order valence-electron chi connectivity index (χ3n) is 5.35. The number of rotatable bonds is 7. The first-order valence-electron chi connectivity index (χ1n) is 10.4. The van der Waals surface area contributed by atoms with Crippen LogP contribution in [0.15, 0.2) is 48.5 Å². The number of ether oxygens (including phenoxy) is 1. The maximum absolute atomic E-state index is 13.4. The van der Waals surface area contributed by atoms with Gasteiger partial charge in [0.15, 0.2) is 5.13 Å². The number of nitrogens with zero attached hydrogens (tertiary/aromatic N) is 2. The van der Waals surface area contributed by atoms with Gasteiger partial charge in [-0.05, 0) is 75.2 Å². The number of benzene rings is 2. The normalized spacial score (nSPS) is 14.1. The molecule has 10 heteroatoms. The molecule has 0 atom stereocenters. The molecule has 0 saturated heterocycles. The lowest BCUT2D eigenvalue weighted by Gasteiger charge is -2.25. The molecule has 1 aliphatic rings. The van der Waals surface area contributed by atoms with Crippen molar-refractivity contribution in [2.24, 2.45) is 5.41 Å². The zero-order valence-corrected chi connectivity index (χ0v) is 19.1. The van der Waals surface area contributed by atoms with Crippen LogP contribution in [0, 0.1) is 28.4 Å². The number of anilines is 1. The van der Waals surface area contributed by atoms with E-state index in [0.29, 0.717) is 34.9 Å². The van der Waals surface area contributed by atoms with E-state index in [0.717, 1.165) is 11.3 Å². The highest BCUT2D eigenvalue weighted by molar-refractivity contribution is 7.18. The average molecular weight is 483 g/mol. The van der Waals surface area contributed by atoms with Crippen molar-refractivity contribution in [2.75, 3.05) is 5.32 Å². The first-order valence-corrected chi connectivity index (χ1v) is 11.2. The van der Waals surface area contributed by atoms with Gasteiger partial charge in [-0.1, -0.05) is 11.3 Å². The molecule has 3 aromatic rings. The van der Waals surface area contributed by atoms with Crippen LogP contribution in [0.3, 0.4) is 0 Å². The fourth-order valence-electron chi connectivity index (χ4n) is 3.06. The Morgan fingerprint density at radius 2 is 1.68 bits per heavy atom. The number of thiazole rings is 1. The Hall–Kier alpha value is -3.84. The number of amides is 2. The molecule has 174 valence electrons. The Kier molecular flexibility index (Phi) is 6.06. The van der Waals surface area contributed by atoms with E-state index in [1.54, 1.807) is 0 Å². The summed E-state index contributed by atoms with van der Waals surface area (Å²) in [6.07, 6.45) is 0.926. The van der Waals surface area contributed by atoms with Gasteiger partial charge in [0.25, 0.3) is 5.91 Å². The van der Waals surface area contributed by atoms with Crippen molar-refractivity contribution >= 4 is 28.3 Å². The predicted octanol–water partition coefficient (Wildman–Crippen LogP) is 5.02. The summed E-state index contributed by atoms with van der Waals surface area (Å²) in [6.45, 7) is 3.05. The Morgan fingerprint density at radius 3 is 2.24 bits per heavy atom. The van der Waals surface area contributed by atoms with Crippen LogP contribution in [-0.4, -0.2) is 22.3 Å². The van der Waals surface area contributed by atoms with Crippen molar-refractivity contribution in [3.05, 3.63) is 60.2 Å². The summed E-state index contributed by atoms with van der Waals surface area (Å²) in [5, 5.41) is 15.0. The van der Waals surface area contributed by atoms with Crippen molar-refractivity contribution < 1.29 is 23.1 Å². The largest absolute Gasteiger partial charge is 0.444 e. The molecule has 34 heavy (non-hydrogen) atoms. The summed E-state index contributed by atoms with van der Waals surface area (Å²) in [5.74, 6) is -1.51. The summed E-state index contributed by atoms with van der Waals surface area (Å²) in [5.41, 5.74) is -1.48. The monoisotopic (exact) mass is 482 g/mol. The topological polar surface area (TPSA) is 104 Å². The lowest BCUT2D eigenvalue weighted by Crippen LogP contribution is -2.54. The molecule has 4 rings (SSSR count). The molecule has 0 bridgehead atoms. The summed E-state index contributed by atoms with van der Waals surface area (Å²) in [7, 11) is 0. The SMILES string of the molecule is CC(C)(NC(=O)C1(C#N)CC1)C(=O)Nc1nc(-c2ccc(F)cc2)c(Oc2ccc(F)cc2)s1. The first-order chi connectivity index (χ1) is 16.1. The van der Waals surface area contributed by atoms with Gasteiger partial charge in [0.05, 0.1) is 6.07 Å². The zero-order valence-electron chi connectivity index (χ0n) is 18.3. The van der Waals surface area contributed by atoms with Crippen molar-refractivity contribution in [3.63, 3.8) is 0 Å². The highest BCUT2D eigenvalue weighted by Crippen LogP contribution is 2.45. The van der Waals surface area contributed by atoms with Crippen molar-refractivity contribution in [3.8, 4) is 28.1 Å². The molecule has 1 aromatic heterocycles. The Balaban J connectivity index is 1.58. The number of hydrogen-bond donors (Lipinski definition) is 2. The molecular formula is C24H20F2N4O3S. The molecule has 0 aliphatic heterocycles. The summed E-state index contributed by atoms with van der Waals surface area (Å²) >= 11 is 1.03. The van der Waals surface area contributed by atoms with Crippen LogP contribution in [-0.2, 0) is 9.59 Å². The third kappa shape index (κ3) is 4.89. The van der Waals surface area contributed by atoms with Crippen LogP contribution >= 0.6 is 11.3 Å².